The third kappa shape index (κ3) is 5.19. The Bertz CT molecular complexity index is 1050. The van der Waals surface area contributed by atoms with Crippen LogP contribution in [0.1, 0.15) is 137 Å². The maximum absolute atomic E-state index is 13.7. The number of hydrogen-bond acceptors (Lipinski definition) is 4. The molecule has 0 radical (unpaired) electrons. The van der Waals surface area contributed by atoms with Crippen LogP contribution in [0, 0.1) is 52.3 Å². The molecule has 2 saturated heterocycles. The van der Waals surface area contributed by atoms with E-state index in [1.807, 2.05) is 0 Å². The Hall–Kier alpha value is -1.14. The number of nitrogens with one attached hydrogen (secondary N) is 1. The average molecular weight is 611 g/mol. The molecule has 2 aliphatic heterocycles. The Kier molecular flexibility index (Phi) is 8.68. The van der Waals surface area contributed by atoms with Gasteiger partial charge in [0.2, 0.25) is 0 Å². The van der Waals surface area contributed by atoms with Crippen LogP contribution in [0.25, 0.3) is 0 Å². The van der Waals surface area contributed by atoms with E-state index in [4.69, 9.17) is 9.47 Å². The zero-order valence-corrected chi connectivity index (χ0v) is 28.4. The van der Waals surface area contributed by atoms with Crippen LogP contribution in [0.15, 0.2) is 0 Å². The molecule has 6 heteroatoms. The Labute approximate surface area is 267 Å². The molecule has 5 aliphatic carbocycles. The van der Waals surface area contributed by atoms with Gasteiger partial charge in [-0.15, -0.1) is 0 Å². The Balaban J connectivity index is 0.998. The highest BCUT2D eigenvalue weighted by Crippen LogP contribution is 2.71. The lowest BCUT2D eigenvalue weighted by atomic mass is 9.44. The molecule has 7 rings (SSSR count). The van der Waals surface area contributed by atoms with E-state index in [2.05, 4.69) is 37.9 Å². The molecule has 44 heavy (non-hydrogen) atoms. The molecular formula is C38H62N2O4. The number of carbonyl (C=O) groups is 2. The van der Waals surface area contributed by atoms with Gasteiger partial charge in [0.25, 0.3) is 0 Å². The molecule has 0 aromatic heterocycles. The van der Waals surface area contributed by atoms with Crippen LogP contribution in [-0.2, 0) is 14.3 Å². The van der Waals surface area contributed by atoms with Crippen molar-refractivity contribution in [3.8, 4) is 0 Å². The van der Waals surface area contributed by atoms with E-state index >= 15 is 0 Å². The Morgan fingerprint density at radius 1 is 0.909 bits per heavy atom. The largest absolute Gasteiger partial charge is 0.349 e. The number of ether oxygens (including phenoxy) is 2. The second-order valence-electron chi connectivity index (χ2n) is 17.4. The summed E-state index contributed by atoms with van der Waals surface area (Å²) in [7, 11) is 0. The first-order chi connectivity index (χ1) is 21.2. The van der Waals surface area contributed by atoms with Gasteiger partial charge >= 0.3 is 6.03 Å². The van der Waals surface area contributed by atoms with Gasteiger partial charge in [-0.3, -0.25) is 0 Å². The Morgan fingerprint density at radius 2 is 1.70 bits per heavy atom. The second kappa shape index (κ2) is 12.1. The summed E-state index contributed by atoms with van der Waals surface area (Å²) in [5.41, 5.74) is 0.772. The van der Waals surface area contributed by atoms with Crippen molar-refractivity contribution in [2.45, 2.75) is 161 Å². The molecule has 6 nitrogen and oxygen atoms in total. The van der Waals surface area contributed by atoms with Crippen molar-refractivity contribution in [1.29, 1.82) is 0 Å². The summed E-state index contributed by atoms with van der Waals surface area (Å²) < 4.78 is 13.6. The molecular weight excluding hydrogens is 548 g/mol. The molecule has 0 aromatic rings. The number of rotatable bonds is 6. The van der Waals surface area contributed by atoms with Crippen molar-refractivity contribution in [2.75, 3.05) is 13.2 Å². The van der Waals surface area contributed by atoms with Crippen LogP contribution in [-0.4, -0.2) is 54.3 Å². The van der Waals surface area contributed by atoms with Crippen molar-refractivity contribution in [1.82, 2.24) is 10.2 Å². The maximum atomic E-state index is 13.7. The fraction of sp³-hybridized carbons (Fsp3) is 0.947. The number of hydrogen-bond donors (Lipinski definition) is 1. The van der Waals surface area contributed by atoms with E-state index in [9.17, 15) is 9.59 Å². The minimum Gasteiger partial charge on any atom is -0.349 e. The SMILES string of the molecule is C[C@H]1CC[C@@]2(OC1)O[C@H]1C[C@H]3[C@@H]4CC[C@@H]5C[C@H](NC(=O)N(CCCC=O)C6CCCCC6)CC[C@]5(C)[C@H]4CC[C@]3(C)[C@H]1[C@@H]2C. The highest BCUT2D eigenvalue weighted by Gasteiger charge is 2.69. The van der Waals surface area contributed by atoms with Crippen molar-refractivity contribution < 1.29 is 19.1 Å². The molecule has 248 valence electrons. The van der Waals surface area contributed by atoms with Gasteiger partial charge in [0.1, 0.15) is 6.29 Å². The summed E-state index contributed by atoms with van der Waals surface area (Å²) in [4.78, 5) is 26.8. The van der Waals surface area contributed by atoms with Gasteiger partial charge < -0.3 is 24.5 Å². The standard InChI is InChI=1S/C38H62N2O4/c1-25-14-19-38(43-24-25)26(2)34-33(44-38)23-32-30-13-12-27-22-28(15-17-36(27,3)31(30)16-18-37(32,34)4)39-35(42)40(20-8-9-21-41)29-10-6-5-7-11-29/h21,25-34H,5-20,22-24H2,1-4H3,(H,39,42)/t25-,26-,27+,28+,30+,31-,32-,33-,34-,36-,37-,38+/m0/s1. The smallest absolute Gasteiger partial charge is 0.317 e. The number of fused-ring (bicyclic) bond motifs is 7. The summed E-state index contributed by atoms with van der Waals surface area (Å²) in [6, 6.07) is 0.772. The van der Waals surface area contributed by atoms with E-state index in [0.717, 1.165) is 69.2 Å². The first-order valence-electron chi connectivity index (χ1n) is 19.0. The quantitative estimate of drug-likeness (QED) is 0.244. The van der Waals surface area contributed by atoms with E-state index in [0.29, 0.717) is 59.6 Å². The predicted octanol–water partition coefficient (Wildman–Crippen LogP) is 8.12. The topological polar surface area (TPSA) is 67.9 Å². The van der Waals surface area contributed by atoms with Gasteiger partial charge in [0, 0.05) is 37.4 Å². The number of unbranched alkanes of at least 4 members (excludes halogenated alkanes) is 1. The average Bonchev–Trinajstić information content (AvgIpc) is 3.47. The van der Waals surface area contributed by atoms with Crippen molar-refractivity contribution in [3.63, 3.8) is 0 Å². The minimum atomic E-state index is -0.319. The summed E-state index contributed by atoms with van der Waals surface area (Å²) in [6.07, 6.45) is 21.1. The van der Waals surface area contributed by atoms with Gasteiger partial charge in [-0.05, 0) is 123 Å². The summed E-state index contributed by atoms with van der Waals surface area (Å²) in [5.74, 6) is 4.59. The zero-order chi connectivity index (χ0) is 30.7. The van der Waals surface area contributed by atoms with Gasteiger partial charge in [-0.25, -0.2) is 4.79 Å². The third-order valence-electron chi connectivity index (χ3n) is 15.3. The van der Waals surface area contributed by atoms with E-state index < -0.39 is 0 Å². The third-order valence-corrected chi connectivity index (χ3v) is 15.3. The summed E-state index contributed by atoms with van der Waals surface area (Å²) in [5, 5.41) is 3.54. The molecule has 2 heterocycles. The van der Waals surface area contributed by atoms with E-state index in [-0.39, 0.29) is 17.9 Å². The molecule has 1 N–H and O–H groups in total. The zero-order valence-electron chi connectivity index (χ0n) is 28.4. The van der Waals surface area contributed by atoms with Crippen LogP contribution in [0.3, 0.4) is 0 Å². The minimum absolute atomic E-state index is 0.138. The van der Waals surface area contributed by atoms with E-state index in [1.54, 1.807) is 0 Å². The van der Waals surface area contributed by atoms with Crippen molar-refractivity contribution in [2.24, 2.45) is 52.3 Å². The van der Waals surface area contributed by atoms with Crippen molar-refractivity contribution >= 4 is 12.3 Å². The van der Waals surface area contributed by atoms with Crippen LogP contribution in [0.2, 0.25) is 0 Å². The molecule has 7 fully saturated rings. The number of nitrogens with zero attached hydrogens (tertiary/aromatic N) is 1. The number of amides is 2. The first kappa shape index (κ1) is 31.5. The molecule has 7 aliphatic rings. The number of aldehydes is 1. The maximum Gasteiger partial charge on any atom is 0.317 e. The van der Waals surface area contributed by atoms with Crippen LogP contribution < -0.4 is 5.32 Å². The number of urea groups is 1. The van der Waals surface area contributed by atoms with E-state index in [1.165, 1.54) is 64.2 Å². The number of carbonyl (C=O) groups excluding carboxylic acids is 2. The summed E-state index contributed by atoms with van der Waals surface area (Å²) >= 11 is 0. The van der Waals surface area contributed by atoms with Crippen LogP contribution in [0.4, 0.5) is 4.79 Å². The summed E-state index contributed by atoms with van der Waals surface area (Å²) in [6.45, 7) is 11.6. The second-order valence-corrected chi connectivity index (χ2v) is 17.4. The molecule has 2 amide bonds. The highest BCUT2D eigenvalue weighted by atomic mass is 16.7. The first-order valence-corrected chi connectivity index (χ1v) is 19.0. The van der Waals surface area contributed by atoms with Gasteiger partial charge in [0.05, 0.1) is 12.7 Å². The molecule has 0 bridgehead atoms. The molecule has 0 unspecified atom stereocenters. The molecule has 1 spiro atoms. The fourth-order valence-corrected chi connectivity index (χ4v) is 12.9. The van der Waals surface area contributed by atoms with Gasteiger partial charge in [-0.1, -0.05) is 47.0 Å². The Morgan fingerprint density at radius 3 is 2.45 bits per heavy atom. The molecule has 12 atom stereocenters. The van der Waals surface area contributed by atoms with Crippen molar-refractivity contribution in [3.05, 3.63) is 0 Å². The van der Waals surface area contributed by atoms with Crippen LogP contribution >= 0.6 is 0 Å². The highest BCUT2D eigenvalue weighted by molar-refractivity contribution is 5.75. The monoisotopic (exact) mass is 610 g/mol. The lowest BCUT2D eigenvalue weighted by molar-refractivity contribution is -0.273. The lowest BCUT2D eigenvalue weighted by Crippen LogP contribution is -2.57. The lowest BCUT2D eigenvalue weighted by Gasteiger charge is -2.61. The fourth-order valence-electron chi connectivity index (χ4n) is 12.9. The van der Waals surface area contributed by atoms with Gasteiger partial charge in [-0.2, -0.15) is 0 Å². The predicted molar refractivity (Wildman–Crippen MR) is 173 cm³/mol. The molecule has 0 aromatic carbocycles. The molecule has 5 saturated carbocycles. The van der Waals surface area contributed by atoms with Crippen LogP contribution in [0.5, 0.6) is 0 Å². The normalized spacial score (nSPS) is 48.6. The van der Waals surface area contributed by atoms with Gasteiger partial charge in [0.15, 0.2) is 5.79 Å².